The minimum absolute atomic E-state index is 0.185. The topological polar surface area (TPSA) is 34.6 Å². The number of aromatic nitrogens is 1. The molecule has 0 fully saturated rings. The van der Waals surface area contributed by atoms with E-state index in [0.29, 0.717) is 12.4 Å². The van der Waals surface area contributed by atoms with Gasteiger partial charge in [0.05, 0.1) is 24.4 Å². The third-order valence-corrected chi connectivity index (χ3v) is 5.84. The van der Waals surface area contributed by atoms with Gasteiger partial charge in [-0.05, 0) is 55.8 Å². The molecule has 1 atom stereocenters. The summed E-state index contributed by atoms with van der Waals surface area (Å²) in [6.45, 7) is 6.29. The Bertz CT molecular complexity index is 1180. The van der Waals surface area contributed by atoms with Crippen LogP contribution in [-0.2, 0) is 11.3 Å². The third kappa shape index (κ3) is 5.91. The molecule has 0 amide bonds. The zero-order valence-corrected chi connectivity index (χ0v) is 19.8. The average molecular weight is 459 g/mol. The number of hydrogen-bond donors (Lipinski definition) is 0. The van der Waals surface area contributed by atoms with Crippen molar-refractivity contribution in [2.24, 2.45) is 0 Å². The number of rotatable bonds is 11. The van der Waals surface area contributed by atoms with Crippen molar-refractivity contribution in [2.45, 2.75) is 26.6 Å². The monoisotopic (exact) mass is 458 g/mol. The molecule has 4 nitrogen and oxygen atoms in total. The Morgan fingerprint density at radius 1 is 0.882 bits per heavy atom. The van der Waals surface area contributed by atoms with Gasteiger partial charge in [0.15, 0.2) is 6.10 Å². The van der Waals surface area contributed by atoms with Crippen molar-refractivity contribution in [3.63, 3.8) is 0 Å². The third-order valence-electron chi connectivity index (χ3n) is 5.84. The van der Waals surface area contributed by atoms with Crippen molar-refractivity contribution in [3.8, 4) is 17.0 Å². The molecule has 0 N–H and O–H groups in total. The molecule has 0 spiro atoms. The van der Waals surface area contributed by atoms with Gasteiger partial charge in [-0.3, -0.25) is 0 Å². The van der Waals surface area contributed by atoms with Crippen LogP contribution in [0.25, 0.3) is 22.2 Å². The maximum atomic E-state index is 13.5. The first-order valence-corrected chi connectivity index (χ1v) is 11.8. The highest BCUT2D eigenvalue weighted by molar-refractivity contribution is 5.83. The quantitative estimate of drug-likeness (QED) is 0.251. The van der Waals surface area contributed by atoms with E-state index >= 15 is 0 Å². The predicted molar refractivity (Wildman–Crippen MR) is 137 cm³/mol. The highest BCUT2D eigenvalue weighted by atomic mass is 19.1. The van der Waals surface area contributed by atoms with E-state index in [0.717, 1.165) is 40.8 Å². The maximum absolute atomic E-state index is 13.5. The molecule has 0 bridgehead atoms. The summed E-state index contributed by atoms with van der Waals surface area (Å²) in [5.74, 6) is 0.608. The molecule has 0 radical (unpaired) electrons. The second-order valence-electron chi connectivity index (χ2n) is 8.17. The van der Waals surface area contributed by atoms with E-state index in [1.54, 1.807) is 0 Å². The van der Waals surface area contributed by atoms with E-state index in [-0.39, 0.29) is 6.61 Å². The molecule has 0 aliphatic heterocycles. The van der Waals surface area contributed by atoms with Gasteiger partial charge in [0.2, 0.25) is 0 Å². The molecule has 0 saturated heterocycles. The van der Waals surface area contributed by atoms with Crippen molar-refractivity contribution in [2.75, 3.05) is 31.3 Å². The van der Waals surface area contributed by atoms with Gasteiger partial charge in [0.1, 0.15) is 12.4 Å². The highest BCUT2D eigenvalue weighted by Gasteiger charge is 2.12. The minimum atomic E-state index is -0.655. The smallest absolute Gasteiger partial charge is 0.150 e. The van der Waals surface area contributed by atoms with E-state index in [1.807, 2.05) is 60.7 Å². The zero-order valence-electron chi connectivity index (χ0n) is 19.8. The molecular weight excluding hydrogens is 427 g/mol. The predicted octanol–water partition coefficient (Wildman–Crippen LogP) is 6.68. The Kier molecular flexibility index (Phi) is 8.10. The van der Waals surface area contributed by atoms with Gasteiger partial charge >= 0.3 is 0 Å². The lowest BCUT2D eigenvalue weighted by Crippen LogP contribution is -2.25. The number of nitrogens with zero attached hydrogens (tertiary/aromatic N) is 2. The lowest BCUT2D eigenvalue weighted by molar-refractivity contribution is 0.0298. The van der Waals surface area contributed by atoms with E-state index in [2.05, 4.69) is 43.0 Å². The standard InChI is InChI=1S/C29H31FN2O2/c1-3-32(4-2)25-13-10-23(11-14-25)28-16-12-24-18-26(15-17-29(24)31-28)34-27(19-30)21-33-20-22-8-6-5-7-9-22/h5-18,27H,3-4,19-21H2,1-2H3. The number of alkyl halides is 1. The van der Waals surface area contributed by atoms with Gasteiger partial charge in [-0.25, -0.2) is 9.37 Å². The van der Waals surface area contributed by atoms with E-state index in [4.69, 9.17) is 14.5 Å². The second-order valence-corrected chi connectivity index (χ2v) is 8.17. The fourth-order valence-corrected chi connectivity index (χ4v) is 3.95. The largest absolute Gasteiger partial charge is 0.485 e. The first kappa shape index (κ1) is 23.7. The van der Waals surface area contributed by atoms with Crippen molar-refractivity contribution < 1.29 is 13.9 Å². The summed E-state index contributed by atoms with van der Waals surface area (Å²) in [7, 11) is 0. The van der Waals surface area contributed by atoms with Crippen LogP contribution in [0.5, 0.6) is 5.75 Å². The van der Waals surface area contributed by atoms with Gasteiger partial charge in [-0.2, -0.15) is 0 Å². The average Bonchev–Trinajstić information content (AvgIpc) is 2.89. The van der Waals surface area contributed by atoms with Gasteiger partial charge in [0, 0.05) is 29.7 Å². The van der Waals surface area contributed by atoms with E-state index in [9.17, 15) is 4.39 Å². The number of halogens is 1. The number of ether oxygens (including phenoxy) is 2. The zero-order chi connectivity index (χ0) is 23.8. The summed E-state index contributed by atoms with van der Waals surface area (Å²) in [6.07, 6.45) is -0.655. The van der Waals surface area contributed by atoms with E-state index in [1.165, 1.54) is 5.69 Å². The lowest BCUT2D eigenvalue weighted by atomic mass is 10.1. The Labute approximate surface area is 201 Å². The molecule has 4 aromatic rings. The summed E-state index contributed by atoms with van der Waals surface area (Å²) < 4.78 is 25.0. The Morgan fingerprint density at radius 3 is 2.35 bits per heavy atom. The summed E-state index contributed by atoms with van der Waals surface area (Å²) in [5, 5.41) is 0.948. The van der Waals surface area contributed by atoms with Crippen molar-refractivity contribution in [3.05, 3.63) is 90.5 Å². The van der Waals surface area contributed by atoms with Crippen LogP contribution in [-0.4, -0.2) is 37.5 Å². The molecule has 1 unspecified atom stereocenters. The molecule has 0 aliphatic carbocycles. The Hall–Kier alpha value is -3.44. The van der Waals surface area contributed by atoms with Crippen LogP contribution >= 0.6 is 0 Å². The fourth-order valence-electron chi connectivity index (χ4n) is 3.95. The number of anilines is 1. The second kappa shape index (κ2) is 11.6. The summed E-state index contributed by atoms with van der Waals surface area (Å²) in [6, 6.07) is 28.0. The van der Waals surface area contributed by atoms with Gasteiger partial charge in [0.25, 0.3) is 0 Å². The Balaban J connectivity index is 1.41. The van der Waals surface area contributed by atoms with Crippen LogP contribution in [0.2, 0.25) is 0 Å². The van der Waals surface area contributed by atoms with Crippen molar-refractivity contribution >= 4 is 16.6 Å². The van der Waals surface area contributed by atoms with Crippen LogP contribution in [0.1, 0.15) is 19.4 Å². The molecular formula is C29H31FN2O2. The summed E-state index contributed by atoms with van der Waals surface area (Å²) in [4.78, 5) is 7.13. The fraction of sp³-hybridized carbons (Fsp3) is 0.276. The number of hydrogen-bond acceptors (Lipinski definition) is 4. The highest BCUT2D eigenvalue weighted by Crippen LogP contribution is 2.26. The maximum Gasteiger partial charge on any atom is 0.150 e. The van der Waals surface area contributed by atoms with Crippen molar-refractivity contribution in [1.29, 1.82) is 0 Å². The first-order chi connectivity index (χ1) is 16.7. The number of benzene rings is 3. The number of pyridine rings is 1. The van der Waals surface area contributed by atoms with Crippen LogP contribution in [0.3, 0.4) is 0 Å². The molecule has 1 heterocycles. The molecule has 3 aromatic carbocycles. The van der Waals surface area contributed by atoms with Gasteiger partial charge in [-0.15, -0.1) is 0 Å². The molecule has 1 aromatic heterocycles. The SMILES string of the molecule is CCN(CC)c1ccc(-c2ccc3cc(OC(CF)COCc4ccccc4)ccc3n2)cc1. The van der Waals surface area contributed by atoms with E-state index < -0.39 is 12.8 Å². The van der Waals surface area contributed by atoms with Crippen LogP contribution < -0.4 is 9.64 Å². The normalized spacial score (nSPS) is 12.0. The summed E-state index contributed by atoms with van der Waals surface area (Å²) in [5.41, 5.74) is 5.13. The van der Waals surface area contributed by atoms with Gasteiger partial charge < -0.3 is 14.4 Å². The molecule has 176 valence electrons. The van der Waals surface area contributed by atoms with Gasteiger partial charge in [-0.1, -0.05) is 48.5 Å². The van der Waals surface area contributed by atoms with Crippen LogP contribution in [0.4, 0.5) is 10.1 Å². The molecule has 0 aliphatic rings. The number of fused-ring (bicyclic) bond motifs is 1. The Morgan fingerprint density at radius 2 is 1.65 bits per heavy atom. The van der Waals surface area contributed by atoms with Crippen LogP contribution in [0.15, 0.2) is 84.9 Å². The van der Waals surface area contributed by atoms with Crippen molar-refractivity contribution in [1.82, 2.24) is 4.98 Å². The minimum Gasteiger partial charge on any atom is -0.485 e. The summed E-state index contributed by atoms with van der Waals surface area (Å²) >= 11 is 0. The molecule has 4 rings (SSSR count). The molecule has 34 heavy (non-hydrogen) atoms. The molecule has 0 saturated carbocycles. The first-order valence-electron chi connectivity index (χ1n) is 11.8. The molecule has 5 heteroatoms. The van der Waals surface area contributed by atoms with Crippen LogP contribution in [0, 0.1) is 0 Å². The lowest BCUT2D eigenvalue weighted by Gasteiger charge is -2.21.